The van der Waals surface area contributed by atoms with E-state index in [-0.39, 0.29) is 19.0 Å². The summed E-state index contributed by atoms with van der Waals surface area (Å²) in [6, 6.07) is 18.7. The van der Waals surface area contributed by atoms with Crippen molar-refractivity contribution in [2.75, 3.05) is 18.4 Å². The summed E-state index contributed by atoms with van der Waals surface area (Å²) in [4.78, 5) is 29.1. The Morgan fingerprint density at radius 3 is 2.47 bits per heavy atom. The topological polar surface area (TPSA) is 57.6 Å². The number of urea groups is 1. The molecule has 1 N–H and O–H groups in total. The zero-order chi connectivity index (χ0) is 22.9. The second-order valence-corrected chi connectivity index (χ2v) is 7.46. The van der Waals surface area contributed by atoms with E-state index in [1.807, 2.05) is 60.3 Å². The predicted molar refractivity (Wildman–Crippen MR) is 123 cm³/mol. The lowest BCUT2D eigenvalue weighted by Gasteiger charge is -2.27. The molecule has 166 valence electrons. The van der Waals surface area contributed by atoms with Crippen molar-refractivity contribution in [3.8, 4) is 0 Å². The maximum absolute atomic E-state index is 13.5. The number of aromatic nitrogens is 1. The van der Waals surface area contributed by atoms with Gasteiger partial charge in [-0.05, 0) is 35.9 Å². The van der Waals surface area contributed by atoms with Crippen LogP contribution in [0, 0.1) is 5.82 Å². The fourth-order valence-corrected chi connectivity index (χ4v) is 3.30. The molecular formula is C25H27FN4O2. The Labute approximate surface area is 187 Å². The van der Waals surface area contributed by atoms with Crippen LogP contribution in [0.25, 0.3) is 0 Å². The third-order valence-electron chi connectivity index (χ3n) is 5.01. The number of anilines is 1. The van der Waals surface area contributed by atoms with Gasteiger partial charge in [-0.3, -0.25) is 4.79 Å². The van der Waals surface area contributed by atoms with Gasteiger partial charge < -0.3 is 19.7 Å². The molecule has 32 heavy (non-hydrogen) atoms. The van der Waals surface area contributed by atoms with Crippen LogP contribution in [0.5, 0.6) is 0 Å². The van der Waals surface area contributed by atoms with Crippen molar-refractivity contribution in [2.45, 2.75) is 13.1 Å². The Bertz CT molecular complexity index is 1060. The van der Waals surface area contributed by atoms with Crippen molar-refractivity contribution < 1.29 is 14.0 Å². The summed E-state index contributed by atoms with van der Waals surface area (Å²) >= 11 is 0. The van der Waals surface area contributed by atoms with E-state index in [0.29, 0.717) is 18.8 Å². The number of carbonyl (C=O) groups excluding carboxylic acids is 2. The van der Waals surface area contributed by atoms with Crippen molar-refractivity contribution >= 4 is 17.6 Å². The number of hydrogen-bond donors (Lipinski definition) is 1. The molecule has 3 aromatic rings. The van der Waals surface area contributed by atoms with Gasteiger partial charge in [-0.15, -0.1) is 6.58 Å². The highest BCUT2D eigenvalue weighted by molar-refractivity contribution is 5.92. The third kappa shape index (κ3) is 6.31. The molecule has 0 saturated carbocycles. The Morgan fingerprint density at radius 2 is 1.81 bits per heavy atom. The number of hydrogen-bond acceptors (Lipinski definition) is 2. The van der Waals surface area contributed by atoms with Crippen LogP contribution in [-0.2, 0) is 24.9 Å². The van der Waals surface area contributed by atoms with E-state index in [4.69, 9.17) is 0 Å². The van der Waals surface area contributed by atoms with Crippen molar-refractivity contribution in [1.82, 2.24) is 14.4 Å². The highest BCUT2D eigenvalue weighted by Gasteiger charge is 2.22. The SMILES string of the molecule is C=CCN(CC(=O)N(Cc1ccccc1)Cc1cccn1C)C(=O)Nc1cccc(F)c1. The number of nitrogens with one attached hydrogen (secondary N) is 1. The van der Waals surface area contributed by atoms with Gasteiger partial charge in [-0.2, -0.15) is 0 Å². The highest BCUT2D eigenvalue weighted by Crippen LogP contribution is 2.13. The van der Waals surface area contributed by atoms with Gasteiger partial charge >= 0.3 is 6.03 Å². The average molecular weight is 435 g/mol. The first-order chi connectivity index (χ1) is 15.5. The van der Waals surface area contributed by atoms with Crippen LogP contribution in [0.4, 0.5) is 14.9 Å². The molecule has 0 unspecified atom stereocenters. The van der Waals surface area contributed by atoms with Crippen molar-refractivity contribution in [3.63, 3.8) is 0 Å². The normalized spacial score (nSPS) is 10.4. The lowest BCUT2D eigenvalue weighted by Crippen LogP contribution is -2.44. The minimum atomic E-state index is -0.498. The van der Waals surface area contributed by atoms with E-state index in [2.05, 4.69) is 11.9 Å². The molecule has 6 nitrogen and oxygen atoms in total. The van der Waals surface area contributed by atoms with Gasteiger partial charge in [-0.1, -0.05) is 42.5 Å². The molecule has 1 heterocycles. The van der Waals surface area contributed by atoms with Crippen LogP contribution in [0.15, 0.2) is 85.6 Å². The number of benzene rings is 2. The molecule has 0 atom stereocenters. The number of aryl methyl sites for hydroxylation is 1. The second kappa shape index (κ2) is 10.9. The summed E-state index contributed by atoms with van der Waals surface area (Å²) in [6.45, 7) is 4.55. The van der Waals surface area contributed by atoms with Gasteiger partial charge in [0, 0.05) is 37.7 Å². The second-order valence-electron chi connectivity index (χ2n) is 7.46. The zero-order valence-electron chi connectivity index (χ0n) is 18.1. The molecule has 0 aliphatic rings. The van der Waals surface area contributed by atoms with Crippen molar-refractivity contribution in [1.29, 1.82) is 0 Å². The fourth-order valence-electron chi connectivity index (χ4n) is 3.30. The molecule has 3 rings (SSSR count). The van der Waals surface area contributed by atoms with Crippen LogP contribution in [0.3, 0.4) is 0 Å². The molecule has 0 bridgehead atoms. The number of amides is 3. The minimum absolute atomic E-state index is 0.134. The van der Waals surface area contributed by atoms with Crippen LogP contribution in [0.2, 0.25) is 0 Å². The molecule has 0 fully saturated rings. The number of halogens is 1. The number of nitrogens with zero attached hydrogens (tertiary/aromatic N) is 3. The summed E-state index contributed by atoms with van der Waals surface area (Å²) in [5, 5.41) is 2.64. The first kappa shape index (κ1) is 22.8. The lowest BCUT2D eigenvalue weighted by atomic mass is 10.2. The predicted octanol–water partition coefficient (Wildman–Crippen LogP) is 4.41. The Morgan fingerprint density at radius 1 is 1.03 bits per heavy atom. The van der Waals surface area contributed by atoms with E-state index in [1.165, 1.54) is 23.1 Å². The van der Waals surface area contributed by atoms with Gasteiger partial charge in [0.25, 0.3) is 0 Å². The van der Waals surface area contributed by atoms with E-state index >= 15 is 0 Å². The summed E-state index contributed by atoms with van der Waals surface area (Å²) in [5.41, 5.74) is 2.30. The summed E-state index contributed by atoms with van der Waals surface area (Å²) in [6.07, 6.45) is 3.48. The lowest BCUT2D eigenvalue weighted by molar-refractivity contribution is -0.133. The van der Waals surface area contributed by atoms with E-state index in [0.717, 1.165) is 11.3 Å². The minimum Gasteiger partial charge on any atom is -0.353 e. The molecule has 0 aliphatic heterocycles. The molecule has 0 radical (unpaired) electrons. The van der Waals surface area contributed by atoms with Gasteiger partial charge in [0.1, 0.15) is 12.4 Å². The van der Waals surface area contributed by atoms with E-state index in [9.17, 15) is 14.0 Å². The Hall–Kier alpha value is -3.87. The number of rotatable bonds is 9. The van der Waals surface area contributed by atoms with Crippen molar-refractivity contribution in [2.24, 2.45) is 7.05 Å². The van der Waals surface area contributed by atoms with Gasteiger partial charge in [-0.25, -0.2) is 9.18 Å². The summed E-state index contributed by atoms with van der Waals surface area (Å²) in [7, 11) is 1.93. The standard InChI is InChI=1S/C25H27FN4O2/c1-3-14-29(25(32)27-22-12-7-11-21(26)16-22)19-24(31)30(17-20-9-5-4-6-10-20)18-23-13-8-15-28(23)2/h3-13,15-16H,1,14,17-19H2,2H3,(H,27,32). The fraction of sp³-hybridized carbons (Fsp3) is 0.200. The largest absolute Gasteiger partial charge is 0.353 e. The smallest absolute Gasteiger partial charge is 0.322 e. The third-order valence-corrected chi connectivity index (χ3v) is 5.01. The van der Waals surface area contributed by atoms with Crippen LogP contribution in [0.1, 0.15) is 11.3 Å². The molecule has 0 aliphatic carbocycles. The monoisotopic (exact) mass is 434 g/mol. The molecule has 1 aromatic heterocycles. The quantitative estimate of drug-likeness (QED) is 0.507. The first-order valence-electron chi connectivity index (χ1n) is 10.3. The van der Waals surface area contributed by atoms with Crippen molar-refractivity contribution in [3.05, 3.63) is 103 Å². The number of carbonyl (C=O) groups is 2. The zero-order valence-corrected chi connectivity index (χ0v) is 18.1. The maximum Gasteiger partial charge on any atom is 0.322 e. The van der Waals surface area contributed by atoms with Gasteiger partial charge in [0.15, 0.2) is 0 Å². The average Bonchev–Trinajstić information content (AvgIpc) is 3.18. The molecule has 3 amide bonds. The van der Waals surface area contributed by atoms with Crippen LogP contribution >= 0.6 is 0 Å². The summed E-state index contributed by atoms with van der Waals surface area (Å²) in [5.74, 6) is -0.656. The molecular weight excluding hydrogens is 407 g/mol. The van der Waals surface area contributed by atoms with E-state index < -0.39 is 11.8 Å². The van der Waals surface area contributed by atoms with Gasteiger partial charge in [0.2, 0.25) is 5.91 Å². The molecule has 7 heteroatoms. The van der Waals surface area contributed by atoms with E-state index in [1.54, 1.807) is 17.0 Å². The first-order valence-corrected chi connectivity index (χ1v) is 10.3. The maximum atomic E-state index is 13.5. The molecule has 2 aromatic carbocycles. The van der Waals surface area contributed by atoms with Crippen LogP contribution in [-0.4, -0.2) is 39.4 Å². The van der Waals surface area contributed by atoms with Gasteiger partial charge in [0.05, 0.1) is 6.54 Å². The summed E-state index contributed by atoms with van der Waals surface area (Å²) < 4.78 is 15.4. The van der Waals surface area contributed by atoms with Crippen LogP contribution < -0.4 is 5.32 Å². The molecule has 0 spiro atoms. The molecule has 0 saturated heterocycles. The Balaban J connectivity index is 1.75. The Kier molecular flexibility index (Phi) is 7.80. The highest BCUT2D eigenvalue weighted by atomic mass is 19.1.